The van der Waals surface area contributed by atoms with Crippen LogP contribution >= 0.6 is 15.9 Å². The number of carbonyl (C=O) groups is 2. The average Bonchev–Trinajstić information content (AvgIpc) is 3.04. The second kappa shape index (κ2) is 7.66. The van der Waals surface area contributed by atoms with E-state index in [9.17, 15) is 9.59 Å². The summed E-state index contributed by atoms with van der Waals surface area (Å²) < 4.78 is 5.62. The highest BCUT2D eigenvalue weighted by Crippen LogP contribution is 2.30. The van der Waals surface area contributed by atoms with Crippen molar-refractivity contribution in [2.75, 3.05) is 13.1 Å². The molecule has 6 heteroatoms. The number of halogens is 1. The summed E-state index contributed by atoms with van der Waals surface area (Å²) in [4.78, 5) is 23.8. The van der Waals surface area contributed by atoms with Gasteiger partial charge in [0.1, 0.15) is 0 Å². The maximum atomic E-state index is 12.0. The van der Waals surface area contributed by atoms with Crippen LogP contribution in [0, 0.1) is 0 Å². The van der Waals surface area contributed by atoms with Gasteiger partial charge in [-0.25, -0.2) is 0 Å². The largest absolute Gasteiger partial charge is 0.444 e. The van der Waals surface area contributed by atoms with Crippen LogP contribution in [0.4, 0.5) is 0 Å². The van der Waals surface area contributed by atoms with E-state index >= 15 is 0 Å². The molecule has 1 aromatic carbocycles. The lowest BCUT2D eigenvalue weighted by molar-refractivity contribution is -0.120. The van der Waals surface area contributed by atoms with Crippen molar-refractivity contribution in [2.24, 2.45) is 0 Å². The molecule has 1 aliphatic carbocycles. The van der Waals surface area contributed by atoms with Gasteiger partial charge in [-0.2, -0.15) is 0 Å². The Morgan fingerprint density at radius 3 is 2.79 bits per heavy atom. The van der Waals surface area contributed by atoms with Crippen LogP contribution in [0.25, 0.3) is 0 Å². The Labute approximate surface area is 148 Å². The van der Waals surface area contributed by atoms with E-state index in [1.807, 2.05) is 6.07 Å². The number of fused-ring (bicyclic) bond motifs is 1. The van der Waals surface area contributed by atoms with Crippen molar-refractivity contribution in [1.82, 2.24) is 10.6 Å². The third-order valence-corrected chi connectivity index (χ3v) is 4.67. The van der Waals surface area contributed by atoms with E-state index < -0.39 is 5.91 Å². The van der Waals surface area contributed by atoms with Crippen LogP contribution in [0.2, 0.25) is 0 Å². The zero-order chi connectivity index (χ0) is 16.9. The highest BCUT2D eigenvalue weighted by Gasteiger charge is 2.20. The van der Waals surface area contributed by atoms with E-state index in [0.717, 1.165) is 19.3 Å². The third-order valence-electron chi connectivity index (χ3n) is 4.25. The molecule has 5 nitrogen and oxygen atoms in total. The van der Waals surface area contributed by atoms with Crippen LogP contribution in [0.5, 0.6) is 0 Å². The lowest BCUT2D eigenvalue weighted by Gasteiger charge is -2.25. The molecule has 2 aromatic rings. The van der Waals surface area contributed by atoms with Crippen molar-refractivity contribution >= 4 is 27.7 Å². The maximum absolute atomic E-state index is 12.0. The second-order valence-electron chi connectivity index (χ2n) is 5.88. The van der Waals surface area contributed by atoms with Gasteiger partial charge in [0, 0.05) is 12.5 Å². The molecule has 0 saturated carbocycles. The van der Waals surface area contributed by atoms with Crippen LogP contribution in [-0.2, 0) is 11.2 Å². The van der Waals surface area contributed by atoms with Gasteiger partial charge in [0.15, 0.2) is 10.4 Å². The first-order chi connectivity index (χ1) is 11.6. The third kappa shape index (κ3) is 4.06. The highest BCUT2D eigenvalue weighted by atomic mass is 79.9. The molecule has 0 radical (unpaired) electrons. The fraction of sp³-hybridized carbons (Fsp3) is 0.333. The number of hydrogen-bond donors (Lipinski definition) is 2. The predicted octanol–water partition coefficient (Wildman–Crippen LogP) is 3.01. The minimum atomic E-state index is -0.404. The Kier molecular flexibility index (Phi) is 5.35. The van der Waals surface area contributed by atoms with Crippen molar-refractivity contribution in [2.45, 2.75) is 25.2 Å². The number of hydrogen-bond acceptors (Lipinski definition) is 3. The molecule has 1 atom stereocenters. The predicted molar refractivity (Wildman–Crippen MR) is 93.9 cm³/mol. The van der Waals surface area contributed by atoms with Crippen LogP contribution in [0.15, 0.2) is 45.5 Å². The number of furan rings is 1. The fourth-order valence-corrected chi connectivity index (χ4v) is 3.36. The van der Waals surface area contributed by atoms with Crippen LogP contribution in [0.3, 0.4) is 0 Å². The van der Waals surface area contributed by atoms with Gasteiger partial charge >= 0.3 is 0 Å². The van der Waals surface area contributed by atoms with E-state index in [0.29, 0.717) is 17.1 Å². The number of amides is 2. The molecule has 2 N–H and O–H groups in total. The smallest absolute Gasteiger partial charge is 0.287 e. The molecule has 0 bridgehead atoms. The first kappa shape index (κ1) is 16.8. The summed E-state index contributed by atoms with van der Waals surface area (Å²) in [6, 6.07) is 11.6. The van der Waals surface area contributed by atoms with Gasteiger partial charge in [-0.1, -0.05) is 24.3 Å². The van der Waals surface area contributed by atoms with Crippen molar-refractivity contribution in [3.8, 4) is 0 Å². The quantitative estimate of drug-likeness (QED) is 0.823. The minimum absolute atomic E-state index is 0.0640. The van der Waals surface area contributed by atoms with Crippen molar-refractivity contribution < 1.29 is 14.0 Å². The maximum Gasteiger partial charge on any atom is 0.287 e. The van der Waals surface area contributed by atoms with Crippen LogP contribution < -0.4 is 10.6 Å². The minimum Gasteiger partial charge on any atom is -0.444 e. The Balaban J connectivity index is 1.47. The molecule has 0 fully saturated rings. The van der Waals surface area contributed by atoms with E-state index in [1.165, 1.54) is 11.1 Å². The van der Waals surface area contributed by atoms with E-state index in [1.54, 1.807) is 12.1 Å². The highest BCUT2D eigenvalue weighted by molar-refractivity contribution is 9.10. The molecule has 1 unspecified atom stereocenters. The van der Waals surface area contributed by atoms with Gasteiger partial charge in [-0.15, -0.1) is 0 Å². The van der Waals surface area contributed by atoms with Gasteiger partial charge in [0.25, 0.3) is 5.91 Å². The zero-order valence-corrected chi connectivity index (χ0v) is 14.8. The Bertz CT molecular complexity index is 741. The summed E-state index contributed by atoms with van der Waals surface area (Å²) >= 11 is 3.14. The fourth-order valence-electron chi connectivity index (χ4n) is 3.05. The van der Waals surface area contributed by atoms with Crippen molar-refractivity contribution in [3.63, 3.8) is 0 Å². The van der Waals surface area contributed by atoms with E-state index in [-0.39, 0.29) is 18.2 Å². The van der Waals surface area contributed by atoms with Gasteiger partial charge in [0.2, 0.25) is 5.91 Å². The molecule has 1 heterocycles. The Morgan fingerprint density at radius 2 is 2.00 bits per heavy atom. The summed E-state index contributed by atoms with van der Waals surface area (Å²) in [5, 5.41) is 5.47. The van der Waals surface area contributed by atoms with Gasteiger partial charge in [-0.3, -0.25) is 9.59 Å². The summed E-state index contributed by atoms with van der Waals surface area (Å²) in [6.07, 6.45) is 3.32. The number of aryl methyl sites for hydroxylation is 1. The second-order valence-corrected chi connectivity index (χ2v) is 6.66. The monoisotopic (exact) mass is 390 g/mol. The standard InChI is InChI=1S/C18H19BrN2O3/c19-16-9-8-15(24-16)18(23)21-11-17(22)20-10-13-6-3-5-12-4-1-2-7-14(12)13/h1-2,4,7-9,13H,3,5-6,10-11H2,(H,20,22)(H,21,23). The molecule has 0 saturated heterocycles. The number of carbonyl (C=O) groups excluding carboxylic acids is 2. The molecule has 1 aromatic heterocycles. The Morgan fingerprint density at radius 1 is 1.17 bits per heavy atom. The number of rotatable bonds is 5. The first-order valence-corrected chi connectivity index (χ1v) is 8.81. The van der Waals surface area contributed by atoms with Gasteiger partial charge in [-0.05, 0) is 58.5 Å². The lowest BCUT2D eigenvalue weighted by Crippen LogP contribution is -2.38. The number of nitrogens with one attached hydrogen (secondary N) is 2. The van der Waals surface area contributed by atoms with Crippen molar-refractivity contribution in [3.05, 3.63) is 58.0 Å². The van der Waals surface area contributed by atoms with E-state index in [4.69, 9.17) is 4.42 Å². The molecule has 3 rings (SSSR count). The van der Waals surface area contributed by atoms with Crippen LogP contribution in [-0.4, -0.2) is 24.9 Å². The molecule has 1 aliphatic rings. The summed E-state index contributed by atoms with van der Waals surface area (Å²) in [6.45, 7) is 0.531. The average molecular weight is 391 g/mol. The lowest BCUT2D eigenvalue weighted by atomic mass is 9.83. The van der Waals surface area contributed by atoms with Gasteiger partial charge < -0.3 is 15.1 Å². The SMILES string of the molecule is O=C(CNC(=O)c1ccc(Br)o1)NCC1CCCc2ccccc21. The van der Waals surface area contributed by atoms with E-state index in [2.05, 4.69) is 44.8 Å². The first-order valence-electron chi connectivity index (χ1n) is 8.01. The summed E-state index contributed by atoms with van der Waals surface area (Å²) in [7, 11) is 0. The zero-order valence-electron chi connectivity index (χ0n) is 13.2. The van der Waals surface area contributed by atoms with Crippen molar-refractivity contribution in [1.29, 1.82) is 0 Å². The molecule has 0 aliphatic heterocycles. The molecular weight excluding hydrogens is 372 g/mol. The normalized spacial score (nSPS) is 16.3. The molecule has 2 amide bonds. The van der Waals surface area contributed by atoms with Crippen LogP contribution in [0.1, 0.15) is 40.4 Å². The molecule has 0 spiro atoms. The number of benzene rings is 1. The molecular formula is C18H19BrN2O3. The summed E-state index contributed by atoms with van der Waals surface area (Å²) in [5.74, 6) is -0.0811. The topological polar surface area (TPSA) is 71.3 Å². The molecule has 126 valence electrons. The summed E-state index contributed by atoms with van der Waals surface area (Å²) in [5.41, 5.74) is 2.70. The molecule has 24 heavy (non-hydrogen) atoms. The van der Waals surface area contributed by atoms with Gasteiger partial charge in [0.05, 0.1) is 6.54 Å². The Hall–Kier alpha value is -2.08.